The maximum absolute atomic E-state index is 11.4. The Bertz CT molecular complexity index is 236. The fourth-order valence-corrected chi connectivity index (χ4v) is 1.20. The van der Waals surface area contributed by atoms with Gasteiger partial charge in [-0.25, -0.2) is 0 Å². The zero-order chi connectivity index (χ0) is 12.6. The maximum Gasteiger partial charge on any atom is 0.310 e. The highest BCUT2D eigenvalue weighted by atomic mass is 16.4. The van der Waals surface area contributed by atoms with Gasteiger partial charge >= 0.3 is 5.97 Å². The zero-order valence-electron chi connectivity index (χ0n) is 10.5. The molecule has 0 saturated heterocycles. The Balaban J connectivity index is 3.69. The topological polar surface area (TPSA) is 66.4 Å². The van der Waals surface area contributed by atoms with Crippen molar-refractivity contribution in [2.75, 3.05) is 6.54 Å². The first-order valence-corrected chi connectivity index (χ1v) is 5.90. The van der Waals surface area contributed by atoms with Crippen molar-refractivity contribution in [2.24, 2.45) is 5.41 Å². The van der Waals surface area contributed by atoms with E-state index in [2.05, 4.69) is 12.2 Å². The van der Waals surface area contributed by atoms with E-state index in [1.807, 2.05) is 0 Å². The number of unbranched alkanes of at least 4 members (excludes halogenated alkanes) is 3. The molecule has 94 valence electrons. The summed E-state index contributed by atoms with van der Waals surface area (Å²) in [7, 11) is 0. The van der Waals surface area contributed by atoms with Crippen LogP contribution in [0.2, 0.25) is 0 Å². The van der Waals surface area contributed by atoms with Crippen LogP contribution in [0.4, 0.5) is 0 Å². The number of nitrogens with one attached hydrogen (secondary N) is 1. The second kappa shape index (κ2) is 7.25. The Morgan fingerprint density at radius 3 is 2.31 bits per heavy atom. The summed E-state index contributed by atoms with van der Waals surface area (Å²) in [5.41, 5.74) is -0.890. The molecule has 0 saturated carbocycles. The van der Waals surface area contributed by atoms with Gasteiger partial charge in [0.05, 0.1) is 5.41 Å². The Labute approximate surface area is 97.4 Å². The first kappa shape index (κ1) is 14.9. The van der Waals surface area contributed by atoms with Crippen LogP contribution in [-0.4, -0.2) is 23.5 Å². The second-order valence-electron chi connectivity index (χ2n) is 4.78. The number of carboxylic acids is 1. The van der Waals surface area contributed by atoms with Gasteiger partial charge in [0.1, 0.15) is 0 Å². The molecule has 0 aromatic rings. The van der Waals surface area contributed by atoms with E-state index < -0.39 is 11.4 Å². The standard InChI is InChI=1S/C12H23NO3/c1-4-5-6-7-8-10(14)13-9-12(2,3)11(15)16/h4-9H2,1-3H3,(H,13,14)(H,15,16). The number of hydrogen-bond donors (Lipinski definition) is 2. The summed E-state index contributed by atoms with van der Waals surface area (Å²) in [6.45, 7) is 5.52. The Morgan fingerprint density at radius 1 is 1.19 bits per heavy atom. The minimum absolute atomic E-state index is 0.0505. The first-order valence-electron chi connectivity index (χ1n) is 5.90. The number of hydrogen-bond acceptors (Lipinski definition) is 2. The summed E-state index contributed by atoms with van der Waals surface area (Å²) in [5.74, 6) is -0.941. The molecule has 0 bridgehead atoms. The molecule has 1 amide bonds. The summed E-state index contributed by atoms with van der Waals surface area (Å²) in [6.07, 6.45) is 4.73. The maximum atomic E-state index is 11.4. The normalized spacial score (nSPS) is 11.2. The molecule has 0 aliphatic rings. The molecule has 0 radical (unpaired) electrons. The molecule has 0 fully saturated rings. The van der Waals surface area contributed by atoms with Crippen molar-refractivity contribution in [3.63, 3.8) is 0 Å². The van der Waals surface area contributed by atoms with E-state index in [-0.39, 0.29) is 12.5 Å². The summed E-state index contributed by atoms with van der Waals surface area (Å²) >= 11 is 0. The number of carbonyl (C=O) groups is 2. The number of rotatable bonds is 8. The van der Waals surface area contributed by atoms with Gasteiger partial charge in [0.15, 0.2) is 0 Å². The van der Waals surface area contributed by atoms with Crippen molar-refractivity contribution in [2.45, 2.75) is 52.9 Å². The first-order chi connectivity index (χ1) is 7.40. The van der Waals surface area contributed by atoms with Crippen LogP contribution < -0.4 is 5.32 Å². The highest BCUT2D eigenvalue weighted by Crippen LogP contribution is 2.13. The Hall–Kier alpha value is -1.06. The molecule has 16 heavy (non-hydrogen) atoms. The lowest BCUT2D eigenvalue weighted by Gasteiger charge is -2.19. The molecule has 0 aromatic heterocycles. The quantitative estimate of drug-likeness (QED) is 0.627. The van der Waals surface area contributed by atoms with Crippen LogP contribution in [0, 0.1) is 5.41 Å². The van der Waals surface area contributed by atoms with Crippen molar-refractivity contribution < 1.29 is 14.7 Å². The average molecular weight is 229 g/mol. The van der Waals surface area contributed by atoms with E-state index >= 15 is 0 Å². The molecule has 0 atom stereocenters. The minimum Gasteiger partial charge on any atom is -0.481 e. The molecular weight excluding hydrogens is 206 g/mol. The molecule has 0 heterocycles. The largest absolute Gasteiger partial charge is 0.481 e. The molecule has 0 aromatic carbocycles. The van der Waals surface area contributed by atoms with Crippen molar-refractivity contribution >= 4 is 11.9 Å². The monoisotopic (exact) mass is 229 g/mol. The zero-order valence-corrected chi connectivity index (χ0v) is 10.5. The van der Waals surface area contributed by atoms with E-state index in [1.54, 1.807) is 13.8 Å². The molecule has 4 heteroatoms. The van der Waals surface area contributed by atoms with Crippen molar-refractivity contribution in [3.05, 3.63) is 0 Å². The van der Waals surface area contributed by atoms with Gasteiger partial charge < -0.3 is 10.4 Å². The van der Waals surface area contributed by atoms with Gasteiger partial charge in [-0.3, -0.25) is 9.59 Å². The van der Waals surface area contributed by atoms with Gasteiger partial charge in [-0.15, -0.1) is 0 Å². The summed E-state index contributed by atoms with van der Waals surface area (Å²) in [6, 6.07) is 0. The van der Waals surface area contributed by atoms with Gasteiger partial charge in [-0.2, -0.15) is 0 Å². The van der Waals surface area contributed by atoms with Gasteiger partial charge in [-0.05, 0) is 20.3 Å². The summed E-state index contributed by atoms with van der Waals surface area (Å²) < 4.78 is 0. The number of aliphatic carboxylic acids is 1. The molecule has 0 unspecified atom stereocenters. The highest BCUT2D eigenvalue weighted by molar-refractivity contribution is 5.78. The van der Waals surface area contributed by atoms with E-state index in [0.29, 0.717) is 6.42 Å². The number of carboxylic acid groups (broad SMARTS) is 1. The Morgan fingerprint density at radius 2 is 1.81 bits per heavy atom. The predicted molar refractivity (Wildman–Crippen MR) is 63.2 cm³/mol. The fraction of sp³-hybridized carbons (Fsp3) is 0.833. The van der Waals surface area contributed by atoms with E-state index in [9.17, 15) is 9.59 Å². The van der Waals surface area contributed by atoms with Crippen LogP contribution in [0.3, 0.4) is 0 Å². The third-order valence-electron chi connectivity index (χ3n) is 2.56. The lowest BCUT2D eigenvalue weighted by atomic mass is 9.94. The molecule has 4 nitrogen and oxygen atoms in total. The van der Waals surface area contributed by atoms with Gasteiger partial charge in [0, 0.05) is 13.0 Å². The van der Waals surface area contributed by atoms with Crippen molar-refractivity contribution in [1.29, 1.82) is 0 Å². The lowest BCUT2D eigenvalue weighted by Crippen LogP contribution is -2.38. The van der Waals surface area contributed by atoms with Crippen LogP contribution in [0.25, 0.3) is 0 Å². The van der Waals surface area contributed by atoms with Crippen molar-refractivity contribution in [1.82, 2.24) is 5.32 Å². The Kier molecular flexibility index (Phi) is 6.77. The van der Waals surface area contributed by atoms with Crippen LogP contribution in [0.15, 0.2) is 0 Å². The molecular formula is C12H23NO3. The van der Waals surface area contributed by atoms with Crippen LogP contribution in [-0.2, 0) is 9.59 Å². The highest BCUT2D eigenvalue weighted by Gasteiger charge is 2.27. The smallest absolute Gasteiger partial charge is 0.310 e. The third-order valence-corrected chi connectivity index (χ3v) is 2.56. The molecule has 0 aliphatic heterocycles. The molecule has 0 rings (SSSR count). The van der Waals surface area contributed by atoms with Crippen LogP contribution in [0.5, 0.6) is 0 Å². The predicted octanol–water partition coefficient (Wildman–Crippen LogP) is 2.18. The van der Waals surface area contributed by atoms with E-state index in [0.717, 1.165) is 25.7 Å². The molecule has 0 spiro atoms. The van der Waals surface area contributed by atoms with E-state index in [4.69, 9.17) is 5.11 Å². The average Bonchev–Trinajstić information content (AvgIpc) is 2.21. The summed E-state index contributed by atoms with van der Waals surface area (Å²) in [4.78, 5) is 22.2. The van der Waals surface area contributed by atoms with Gasteiger partial charge in [-0.1, -0.05) is 26.2 Å². The SMILES string of the molecule is CCCCCCC(=O)NCC(C)(C)C(=O)O. The molecule has 0 aliphatic carbocycles. The van der Waals surface area contributed by atoms with Crippen LogP contribution >= 0.6 is 0 Å². The third kappa shape index (κ3) is 6.43. The van der Waals surface area contributed by atoms with Crippen molar-refractivity contribution in [3.8, 4) is 0 Å². The number of carbonyl (C=O) groups excluding carboxylic acids is 1. The molecule has 2 N–H and O–H groups in total. The van der Waals surface area contributed by atoms with Gasteiger partial charge in [0.25, 0.3) is 0 Å². The minimum atomic E-state index is -0.890. The van der Waals surface area contributed by atoms with E-state index in [1.165, 1.54) is 0 Å². The fourth-order valence-electron chi connectivity index (χ4n) is 1.20. The lowest BCUT2D eigenvalue weighted by molar-refractivity contribution is -0.146. The van der Waals surface area contributed by atoms with Crippen LogP contribution in [0.1, 0.15) is 52.9 Å². The number of amides is 1. The second-order valence-corrected chi connectivity index (χ2v) is 4.78. The summed E-state index contributed by atoms with van der Waals surface area (Å²) in [5, 5.41) is 11.5. The van der Waals surface area contributed by atoms with Gasteiger partial charge in [0.2, 0.25) is 5.91 Å².